The summed E-state index contributed by atoms with van der Waals surface area (Å²) in [4.78, 5) is 13.9. The number of carbonyl (C=O) groups is 1. The third-order valence-electron chi connectivity index (χ3n) is 1.91. The lowest BCUT2D eigenvalue weighted by atomic mass is 10.3. The smallest absolute Gasteiger partial charge is 0.263 e. The van der Waals surface area contributed by atoms with Gasteiger partial charge in [0.1, 0.15) is 5.75 Å². The monoisotopic (exact) mass is 229 g/mol. The Hall–Kier alpha value is -1.07. The van der Waals surface area contributed by atoms with Gasteiger partial charge in [-0.25, -0.2) is 0 Å². The van der Waals surface area contributed by atoms with Crippen molar-refractivity contribution in [3.63, 3.8) is 0 Å². The maximum absolute atomic E-state index is 11.8. The number of nitrogens with zero attached hydrogens (tertiary/aromatic N) is 1. The molecule has 1 rings (SSSR count). The second kappa shape index (κ2) is 5.14. The number of likely N-dealkylation sites (N-methyl/N-ethyl adjacent to an activating group) is 1. The summed E-state index contributed by atoms with van der Waals surface area (Å²) in [6, 6.07) is 1.70. The molecule has 84 valence electrons. The standard InChI is InChI=1S/C10H15NO3S/c1-7(12)5-11(2)10(13)9-4-8(14-3)6-15-9/h4,6-7,12H,5H2,1-3H3. The number of hydrogen-bond donors (Lipinski definition) is 1. The van der Waals surface area contributed by atoms with E-state index in [1.54, 1.807) is 32.5 Å². The molecule has 4 nitrogen and oxygen atoms in total. The second-order valence-corrected chi connectivity index (χ2v) is 4.30. The number of rotatable bonds is 4. The molecular weight excluding hydrogens is 214 g/mol. The third-order valence-corrected chi connectivity index (χ3v) is 2.80. The Morgan fingerprint density at radius 1 is 1.73 bits per heavy atom. The molecule has 0 aliphatic rings. The molecule has 1 unspecified atom stereocenters. The van der Waals surface area contributed by atoms with E-state index >= 15 is 0 Å². The van der Waals surface area contributed by atoms with Crippen LogP contribution in [0.2, 0.25) is 0 Å². The number of thiophene rings is 1. The Kier molecular flexibility index (Phi) is 4.11. The van der Waals surface area contributed by atoms with Crippen LogP contribution >= 0.6 is 11.3 Å². The zero-order valence-electron chi connectivity index (χ0n) is 9.06. The quantitative estimate of drug-likeness (QED) is 0.844. The maximum Gasteiger partial charge on any atom is 0.263 e. The molecule has 0 saturated carbocycles. The van der Waals surface area contributed by atoms with Gasteiger partial charge in [-0.2, -0.15) is 0 Å². The van der Waals surface area contributed by atoms with Crippen molar-refractivity contribution in [2.75, 3.05) is 20.7 Å². The predicted molar refractivity (Wildman–Crippen MR) is 59.5 cm³/mol. The number of amides is 1. The first-order chi connectivity index (χ1) is 7.04. The first-order valence-electron chi connectivity index (χ1n) is 4.60. The van der Waals surface area contributed by atoms with Crippen molar-refractivity contribution in [2.24, 2.45) is 0 Å². The van der Waals surface area contributed by atoms with Gasteiger partial charge in [0.25, 0.3) is 5.91 Å². The molecule has 5 heteroatoms. The average Bonchev–Trinajstić information content (AvgIpc) is 2.63. The van der Waals surface area contributed by atoms with Crippen molar-refractivity contribution in [2.45, 2.75) is 13.0 Å². The Morgan fingerprint density at radius 2 is 2.40 bits per heavy atom. The zero-order valence-corrected chi connectivity index (χ0v) is 9.87. The molecule has 1 N–H and O–H groups in total. The maximum atomic E-state index is 11.8. The number of carbonyl (C=O) groups excluding carboxylic acids is 1. The molecule has 0 radical (unpaired) electrons. The Morgan fingerprint density at radius 3 is 2.87 bits per heavy atom. The summed E-state index contributed by atoms with van der Waals surface area (Å²) >= 11 is 1.34. The van der Waals surface area contributed by atoms with E-state index in [0.717, 1.165) is 0 Å². The minimum Gasteiger partial charge on any atom is -0.496 e. The van der Waals surface area contributed by atoms with Gasteiger partial charge in [-0.05, 0) is 6.92 Å². The fourth-order valence-corrected chi connectivity index (χ4v) is 2.05. The minimum absolute atomic E-state index is 0.0933. The van der Waals surface area contributed by atoms with Gasteiger partial charge in [0.05, 0.1) is 18.1 Å². The van der Waals surface area contributed by atoms with Gasteiger partial charge < -0.3 is 14.7 Å². The van der Waals surface area contributed by atoms with Crippen LogP contribution in [0.1, 0.15) is 16.6 Å². The highest BCUT2D eigenvalue weighted by Crippen LogP contribution is 2.22. The van der Waals surface area contributed by atoms with Gasteiger partial charge in [0.2, 0.25) is 0 Å². The SMILES string of the molecule is COc1csc(C(=O)N(C)CC(C)O)c1. The van der Waals surface area contributed by atoms with Crippen LogP contribution < -0.4 is 4.74 Å². The van der Waals surface area contributed by atoms with Crippen LogP contribution in [0.25, 0.3) is 0 Å². The predicted octanol–water partition coefficient (Wildman–Crippen LogP) is 1.21. The number of methoxy groups -OCH3 is 1. The fraction of sp³-hybridized carbons (Fsp3) is 0.500. The van der Waals surface area contributed by atoms with Crippen molar-refractivity contribution >= 4 is 17.2 Å². The summed E-state index contributed by atoms with van der Waals surface area (Å²) in [5, 5.41) is 10.9. The lowest BCUT2D eigenvalue weighted by Crippen LogP contribution is -2.32. The van der Waals surface area contributed by atoms with E-state index in [0.29, 0.717) is 17.2 Å². The van der Waals surface area contributed by atoms with Crippen LogP contribution in [0.4, 0.5) is 0 Å². The Bertz CT molecular complexity index is 335. The summed E-state index contributed by atoms with van der Waals surface area (Å²) in [5.41, 5.74) is 0. The number of aliphatic hydroxyl groups is 1. The Labute approximate surface area is 93.1 Å². The van der Waals surface area contributed by atoms with Crippen LogP contribution in [0, 0.1) is 0 Å². The zero-order chi connectivity index (χ0) is 11.4. The molecule has 0 saturated heterocycles. The van der Waals surface area contributed by atoms with Gasteiger partial charge >= 0.3 is 0 Å². The molecule has 1 aromatic rings. The first kappa shape index (κ1) is 12.0. The van der Waals surface area contributed by atoms with E-state index < -0.39 is 6.10 Å². The van der Waals surface area contributed by atoms with Gasteiger partial charge in [-0.3, -0.25) is 4.79 Å². The molecule has 1 heterocycles. The van der Waals surface area contributed by atoms with Crippen molar-refractivity contribution in [1.82, 2.24) is 4.90 Å². The first-order valence-corrected chi connectivity index (χ1v) is 5.48. The van der Waals surface area contributed by atoms with Crippen LogP contribution in [0.3, 0.4) is 0 Å². The molecule has 0 bridgehead atoms. The van der Waals surface area contributed by atoms with Crippen molar-refractivity contribution in [3.8, 4) is 5.75 Å². The van der Waals surface area contributed by atoms with Gasteiger partial charge in [-0.1, -0.05) is 0 Å². The second-order valence-electron chi connectivity index (χ2n) is 3.39. The molecule has 0 aromatic carbocycles. The fourth-order valence-electron chi connectivity index (χ4n) is 1.21. The van der Waals surface area contributed by atoms with E-state index in [1.807, 2.05) is 0 Å². The number of ether oxygens (including phenoxy) is 1. The van der Waals surface area contributed by atoms with Gasteiger partial charge in [0, 0.05) is 25.0 Å². The molecule has 1 atom stereocenters. The van der Waals surface area contributed by atoms with Crippen LogP contribution in [0.15, 0.2) is 11.4 Å². The summed E-state index contributed by atoms with van der Waals surface area (Å²) in [7, 11) is 3.23. The third kappa shape index (κ3) is 3.21. The van der Waals surface area contributed by atoms with Crippen LogP contribution in [-0.2, 0) is 0 Å². The average molecular weight is 229 g/mol. The molecule has 1 aromatic heterocycles. The molecular formula is C10H15NO3S. The summed E-state index contributed by atoms with van der Waals surface area (Å²) in [6.07, 6.45) is -0.513. The van der Waals surface area contributed by atoms with E-state index in [4.69, 9.17) is 9.84 Å². The summed E-state index contributed by atoms with van der Waals surface area (Å²) < 4.78 is 5.00. The topological polar surface area (TPSA) is 49.8 Å². The highest BCUT2D eigenvalue weighted by atomic mass is 32.1. The van der Waals surface area contributed by atoms with Crippen LogP contribution in [-0.4, -0.2) is 42.7 Å². The van der Waals surface area contributed by atoms with E-state index in [9.17, 15) is 4.79 Å². The van der Waals surface area contributed by atoms with Crippen LogP contribution in [0.5, 0.6) is 5.75 Å². The van der Waals surface area contributed by atoms with Crippen molar-refractivity contribution in [3.05, 3.63) is 16.3 Å². The summed E-state index contributed by atoms with van der Waals surface area (Å²) in [6.45, 7) is 1.98. The van der Waals surface area contributed by atoms with Crippen molar-refractivity contribution < 1.29 is 14.6 Å². The van der Waals surface area contributed by atoms with Gasteiger partial charge in [0.15, 0.2) is 0 Å². The molecule has 0 aliphatic heterocycles. The number of aliphatic hydroxyl groups excluding tert-OH is 1. The van der Waals surface area contributed by atoms with Gasteiger partial charge in [-0.15, -0.1) is 11.3 Å². The van der Waals surface area contributed by atoms with E-state index in [2.05, 4.69) is 0 Å². The normalized spacial score (nSPS) is 12.3. The summed E-state index contributed by atoms with van der Waals surface area (Å²) in [5.74, 6) is 0.595. The molecule has 1 amide bonds. The molecule has 0 aliphatic carbocycles. The molecule has 0 fully saturated rings. The number of hydrogen-bond acceptors (Lipinski definition) is 4. The highest BCUT2D eigenvalue weighted by Gasteiger charge is 2.15. The largest absolute Gasteiger partial charge is 0.496 e. The Balaban J connectivity index is 2.67. The van der Waals surface area contributed by atoms with E-state index in [1.165, 1.54) is 16.2 Å². The molecule has 0 spiro atoms. The lowest BCUT2D eigenvalue weighted by molar-refractivity contribution is 0.0708. The molecule has 15 heavy (non-hydrogen) atoms. The minimum atomic E-state index is -0.513. The van der Waals surface area contributed by atoms with Crippen molar-refractivity contribution in [1.29, 1.82) is 0 Å². The lowest BCUT2D eigenvalue weighted by Gasteiger charge is -2.17. The van der Waals surface area contributed by atoms with E-state index in [-0.39, 0.29) is 5.91 Å². The highest BCUT2D eigenvalue weighted by molar-refractivity contribution is 7.12.